The van der Waals surface area contributed by atoms with Crippen molar-refractivity contribution in [3.05, 3.63) is 34.5 Å². The van der Waals surface area contributed by atoms with Crippen molar-refractivity contribution in [2.75, 3.05) is 13.1 Å². The fraction of sp³-hybridized carbons (Fsp3) is 0.556. The fourth-order valence-electron chi connectivity index (χ4n) is 3.34. The van der Waals surface area contributed by atoms with Gasteiger partial charge in [0, 0.05) is 25.2 Å². The van der Waals surface area contributed by atoms with Gasteiger partial charge in [0.2, 0.25) is 5.91 Å². The summed E-state index contributed by atoms with van der Waals surface area (Å²) >= 11 is 0. The molecular weight excluding hydrogens is 320 g/mol. The van der Waals surface area contributed by atoms with Crippen LogP contribution in [0.2, 0.25) is 0 Å². The number of carbonyl (C=O) groups is 1. The molecule has 0 N–H and O–H groups in total. The summed E-state index contributed by atoms with van der Waals surface area (Å²) in [7, 11) is 0. The lowest BCUT2D eigenvalue weighted by molar-refractivity contribution is -0.133. The highest BCUT2D eigenvalue weighted by Gasteiger charge is 2.29. The minimum atomic E-state index is -0.271. The van der Waals surface area contributed by atoms with Gasteiger partial charge in [0.15, 0.2) is 5.82 Å². The topological polar surface area (TPSA) is 81.2 Å². The Labute approximate surface area is 145 Å². The monoisotopic (exact) mass is 342 g/mol. The second-order valence-corrected chi connectivity index (χ2v) is 7.17. The highest BCUT2D eigenvalue weighted by Crippen LogP contribution is 2.38. The quantitative estimate of drug-likeness (QED) is 0.849. The van der Waals surface area contributed by atoms with Gasteiger partial charge in [-0.25, -0.2) is 0 Å². The molecule has 1 amide bonds. The van der Waals surface area contributed by atoms with Crippen molar-refractivity contribution in [2.24, 2.45) is 5.92 Å². The van der Waals surface area contributed by atoms with Crippen LogP contribution in [0.5, 0.6) is 0 Å². The van der Waals surface area contributed by atoms with Gasteiger partial charge in [-0.3, -0.25) is 9.59 Å². The van der Waals surface area contributed by atoms with Gasteiger partial charge in [0.05, 0.1) is 0 Å². The Hall–Kier alpha value is -2.44. The molecule has 0 radical (unpaired) electrons. The minimum Gasteiger partial charge on any atom is -0.341 e. The summed E-state index contributed by atoms with van der Waals surface area (Å²) in [5, 5.41) is 3.96. The van der Waals surface area contributed by atoms with Crippen LogP contribution in [0.1, 0.15) is 44.3 Å². The molecule has 2 aromatic heterocycles. The largest absolute Gasteiger partial charge is 0.341 e. The molecule has 7 nitrogen and oxygen atoms in total. The fourth-order valence-corrected chi connectivity index (χ4v) is 3.34. The molecule has 2 aliphatic rings. The number of piperidine rings is 1. The molecule has 0 unspecified atom stereocenters. The van der Waals surface area contributed by atoms with E-state index in [4.69, 9.17) is 4.52 Å². The number of pyridine rings is 1. The third kappa shape index (κ3) is 3.36. The predicted molar refractivity (Wildman–Crippen MR) is 90.9 cm³/mol. The number of rotatable bonds is 4. The Kier molecular flexibility index (Phi) is 4.15. The Balaban J connectivity index is 1.54. The average molecular weight is 342 g/mol. The Morgan fingerprint density at radius 2 is 2.20 bits per heavy atom. The maximum Gasteiger partial charge on any atom is 0.263 e. The van der Waals surface area contributed by atoms with E-state index in [-0.39, 0.29) is 23.9 Å². The van der Waals surface area contributed by atoms with E-state index in [9.17, 15) is 9.59 Å². The van der Waals surface area contributed by atoms with E-state index in [0.717, 1.165) is 38.8 Å². The highest BCUT2D eigenvalue weighted by molar-refractivity contribution is 5.76. The van der Waals surface area contributed by atoms with E-state index in [1.807, 2.05) is 4.90 Å². The summed E-state index contributed by atoms with van der Waals surface area (Å²) in [4.78, 5) is 31.4. The minimum absolute atomic E-state index is 0.0185. The van der Waals surface area contributed by atoms with Gasteiger partial charge >= 0.3 is 0 Å². The van der Waals surface area contributed by atoms with Gasteiger partial charge in [-0.05, 0) is 43.7 Å². The van der Waals surface area contributed by atoms with Crippen molar-refractivity contribution in [1.82, 2.24) is 19.6 Å². The van der Waals surface area contributed by atoms with Gasteiger partial charge in [-0.1, -0.05) is 12.1 Å². The number of hydrogen-bond acceptors (Lipinski definition) is 5. The molecule has 1 aliphatic carbocycles. The van der Waals surface area contributed by atoms with Gasteiger partial charge < -0.3 is 14.0 Å². The van der Waals surface area contributed by atoms with Gasteiger partial charge in [0.25, 0.3) is 11.4 Å². The summed E-state index contributed by atoms with van der Waals surface area (Å²) in [5.41, 5.74) is 0.0774. The Bertz CT molecular complexity index is 837. The zero-order chi connectivity index (χ0) is 17.4. The van der Waals surface area contributed by atoms with Crippen LogP contribution >= 0.6 is 0 Å². The number of nitrogens with zero attached hydrogens (tertiary/aromatic N) is 4. The smallest absolute Gasteiger partial charge is 0.263 e. The van der Waals surface area contributed by atoms with Crippen molar-refractivity contribution in [3.8, 4) is 11.5 Å². The number of likely N-dealkylation sites (tertiary alicyclic amines) is 1. The molecule has 2 aromatic rings. The molecule has 1 aliphatic heterocycles. The first-order valence-corrected chi connectivity index (χ1v) is 8.93. The summed E-state index contributed by atoms with van der Waals surface area (Å²) in [6.45, 7) is 3.73. The number of hydrogen-bond donors (Lipinski definition) is 0. The van der Waals surface area contributed by atoms with Crippen LogP contribution in [0, 0.1) is 5.92 Å². The van der Waals surface area contributed by atoms with E-state index < -0.39 is 0 Å². The first-order chi connectivity index (χ1) is 12.1. The average Bonchev–Trinajstić information content (AvgIpc) is 3.34. The maximum atomic E-state index is 12.7. The molecule has 1 saturated heterocycles. The molecule has 0 spiro atoms. The van der Waals surface area contributed by atoms with E-state index in [0.29, 0.717) is 23.2 Å². The number of aromatic nitrogens is 3. The van der Waals surface area contributed by atoms with Crippen LogP contribution in [0.15, 0.2) is 27.6 Å². The van der Waals surface area contributed by atoms with Crippen LogP contribution in [0.25, 0.3) is 11.5 Å². The number of amides is 1. The first kappa shape index (κ1) is 16.1. The third-order valence-corrected chi connectivity index (χ3v) is 4.95. The summed E-state index contributed by atoms with van der Waals surface area (Å²) < 4.78 is 6.68. The molecule has 4 rings (SSSR count). The predicted octanol–water partition coefficient (Wildman–Crippen LogP) is 2.03. The zero-order valence-corrected chi connectivity index (χ0v) is 14.4. The van der Waals surface area contributed by atoms with Crippen LogP contribution in [0.3, 0.4) is 0 Å². The van der Waals surface area contributed by atoms with Crippen LogP contribution < -0.4 is 5.56 Å². The lowest BCUT2D eigenvalue weighted by Crippen LogP contribution is -2.42. The lowest BCUT2D eigenvalue weighted by Gasteiger charge is -2.31. The molecule has 0 aromatic carbocycles. The molecule has 2 fully saturated rings. The first-order valence-electron chi connectivity index (χ1n) is 8.93. The van der Waals surface area contributed by atoms with E-state index in [1.165, 1.54) is 4.57 Å². The van der Waals surface area contributed by atoms with Crippen molar-refractivity contribution in [1.29, 1.82) is 0 Å². The molecule has 1 atom stereocenters. The molecule has 0 bridgehead atoms. The molecule has 7 heteroatoms. The van der Waals surface area contributed by atoms with Gasteiger partial charge in [0.1, 0.15) is 12.1 Å². The summed E-state index contributed by atoms with van der Waals surface area (Å²) in [5.74, 6) is 1.77. The third-order valence-electron chi connectivity index (χ3n) is 4.95. The van der Waals surface area contributed by atoms with Crippen molar-refractivity contribution < 1.29 is 9.32 Å². The maximum absolute atomic E-state index is 12.7. The Morgan fingerprint density at radius 1 is 1.36 bits per heavy atom. The molecule has 25 heavy (non-hydrogen) atoms. The van der Waals surface area contributed by atoms with Gasteiger partial charge in [-0.2, -0.15) is 4.98 Å². The molecule has 3 heterocycles. The second kappa shape index (κ2) is 6.46. The highest BCUT2D eigenvalue weighted by atomic mass is 16.5. The van der Waals surface area contributed by atoms with Crippen LogP contribution in [-0.4, -0.2) is 38.6 Å². The molecule has 1 saturated carbocycles. The van der Waals surface area contributed by atoms with E-state index >= 15 is 0 Å². The van der Waals surface area contributed by atoms with Crippen molar-refractivity contribution >= 4 is 5.91 Å². The number of carbonyl (C=O) groups excluding carboxylic acids is 1. The van der Waals surface area contributed by atoms with E-state index in [1.54, 1.807) is 18.3 Å². The second-order valence-electron chi connectivity index (χ2n) is 7.17. The van der Waals surface area contributed by atoms with Crippen molar-refractivity contribution in [3.63, 3.8) is 0 Å². The Morgan fingerprint density at radius 3 is 2.96 bits per heavy atom. The van der Waals surface area contributed by atoms with Crippen molar-refractivity contribution in [2.45, 2.75) is 45.1 Å². The molecule has 132 valence electrons. The van der Waals surface area contributed by atoms with Crippen LogP contribution in [0.4, 0.5) is 0 Å². The lowest BCUT2D eigenvalue weighted by atomic mass is 10.0. The van der Waals surface area contributed by atoms with Crippen LogP contribution in [-0.2, 0) is 11.3 Å². The normalized spacial score (nSPS) is 20.7. The zero-order valence-electron chi connectivity index (χ0n) is 14.4. The standard InChI is InChI=1S/C18H22N4O3/c1-12-4-2-8-21(10-12)15(23)11-22-9-3-5-14(18(22)24)17-19-16(20-25-17)13-6-7-13/h3,5,9,12-13H,2,4,6-8,10-11H2,1H3/t12-/m0/s1. The van der Waals surface area contributed by atoms with Gasteiger partial charge in [-0.15, -0.1) is 0 Å². The summed E-state index contributed by atoms with van der Waals surface area (Å²) in [6, 6.07) is 3.40. The molecular formula is C18H22N4O3. The van der Waals surface area contributed by atoms with E-state index in [2.05, 4.69) is 17.1 Å². The SMILES string of the molecule is C[C@H]1CCCN(C(=O)Cn2cccc(-c3nc(C4CC4)no3)c2=O)C1. The summed E-state index contributed by atoms with van der Waals surface area (Å²) in [6.07, 6.45) is 5.95.